The van der Waals surface area contributed by atoms with Gasteiger partial charge < -0.3 is 19.1 Å². The van der Waals surface area contributed by atoms with E-state index in [1.807, 2.05) is 42.2 Å². The monoisotopic (exact) mass is 552 g/mol. The first kappa shape index (κ1) is 26.2. The zero-order chi connectivity index (χ0) is 26.8. The average Bonchev–Trinajstić information content (AvgIpc) is 3.21. The normalized spacial score (nSPS) is 17.1. The number of fused-ring (bicyclic) bond motifs is 1. The van der Waals surface area contributed by atoms with Crippen molar-refractivity contribution in [1.82, 2.24) is 14.3 Å². The van der Waals surface area contributed by atoms with Crippen LogP contribution < -0.4 is 19.9 Å². The molecular formula is C27H28N4O5S2. The van der Waals surface area contributed by atoms with Gasteiger partial charge in [0.15, 0.2) is 11.5 Å². The number of nitrogens with zero attached hydrogens (tertiary/aromatic N) is 4. The lowest BCUT2D eigenvalue weighted by atomic mass is 10.1. The summed E-state index contributed by atoms with van der Waals surface area (Å²) in [7, 11) is 3.18. The maximum Gasteiger partial charge on any atom is 0.267 e. The van der Waals surface area contributed by atoms with E-state index in [0.29, 0.717) is 77.0 Å². The highest BCUT2D eigenvalue weighted by Gasteiger charge is 2.33. The van der Waals surface area contributed by atoms with Crippen LogP contribution in [0.1, 0.15) is 16.7 Å². The second kappa shape index (κ2) is 11.1. The summed E-state index contributed by atoms with van der Waals surface area (Å²) in [6.07, 6.45) is 3.93. The van der Waals surface area contributed by atoms with E-state index in [1.165, 1.54) is 16.2 Å². The third kappa shape index (κ3) is 5.01. The molecular weight excluding hydrogens is 524 g/mol. The number of hydrogen-bond donors (Lipinski definition) is 0. The minimum atomic E-state index is -0.226. The van der Waals surface area contributed by atoms with Crippen LogP contribution in [0.4, 0.5) is 5.82 Å². The SMILES string of the molecule is COc1ccc(CCN2C(=O)C(=Cc3c(N4CCOCC4)nc4c(C)cccn4c3=O)SC2=S)cc1OC. The number of carbonyl (C=O) groups is 1. The van der Waals surface area contributed by atoms with Gasteiger partial charge >= 0.3 is 0 Å². The van der Waals surface area contributed by atoms with Crippen LogP contribution in [0.15, 0.2) is 46.2 Å². The number of methoxy groups -OCH3 is 2. The molecule has 1 aromatic carbocycles. The molecule has 2 aromatic heterocycles. The summed E-state index contributed by atoms with van der Waals surface area (Å²) in [5.74, 6) is 1.61. The van der Waals surface area contributed by atoms with Gasteiger partial charge in [-0.3, -0.25) is 18.9 Å². The van der Waals surface area contributed by atoms with Gasteiger partial charge in [0.1, 0.15) is 15.8 Å². The highest BCUT2D eigenvalue weighted by molar-refractivity contribution is 8.26. The van der Waals surface area contributed by atoms with Crippen LogP contribution in [-0.2, 0) is 16.0 Å². The quantitative estimate of drug-likeness (QED) is 0.324. The zero-order valence-corrected chi connectivity index (χ0v) is 23.1. The molecule has 0 saturated carbocycles. The molecule has 0 N–H and O–H groups in total. The average molecular weight is 553 g/mol. The summed E-state index contributed by atoms with van der Waals surface area (Å²) in [5, 5.41) is 0. The van der Waals surface area contributed by atoms with E-state index in [4.69, 9.17) is 31.4 Å². The molecule has 2 saturated heterocycles. The Morgan fingerprint density at radius 1 is 1.13 bits per heavy atom. The van der Waals surface area contributed by atoms with Gasteiger partial charge in [-0.15, -0.1) is 0 Å². The molecule has 9 nitrogen and oxygen atoms in total. The summed E-state index contributed by atoms with van der Waals surface area (Å²) < 4.78 is 18.2. The fourth-order valence-corrected chi connectivity index (χ4v) is 5.83. The number of thiocarbonyl (C=S) groups is 1. The fourth-order valence-electron chi connectivity index (χ4n) is 4.54. The van der Waals surface area contributed by atoms with Crippen molar-refractivity contribution < 1.29 is 19.0 Å². The Bertz CT molecular complexity index is 1500. The van der Waals surface area contributed by atoms with Gasteiger partial charge in [-0.2, -0.15) is 0 Å². The summed E-state index contributed by atoms with van der Waals surface area (Å²) in [4.78, 5) is 36.0. The molecule has 0 bridgehead atoms. The smallest absolute Gasteiger partial charge is 0.267 e. The van der Waals surface area contributed by atoms with Crippen molar-refractivity contribution in [3.63, 3.8) is 0 Å². The molecule has 0 aliphatic carbocycles. The van der Waals surface area contributed by atoms with Crippen LogP contribution in [0.3, 0.4) is 0 Å². The van der Waals surface area contributed by atoms with Gasteiger partial charge in [0.2, 0.25) is 0 Å². The van der Waals surface area contributed by atoms with Crippen molar-refractivity contribution in [3.8, 4) is 11.5 Å². The number of hydrogen-bond acceptors (Lipinski definition) is 9. The molecule has 5 rings (SSSR count). The Kier molecular flexibility index (Phi) is 7.68. The molecule has 0 atom stereocenters. The predicted octanol–water partition coefficient (Wildman–Crippen LogP) is 3.30. The van der Waals surface area contributed by atoms with Crippen molar-refractivity contribution in [2.24, 2.45) is 0 Å². The van der Waals surface area contributed by atoms with Crippen molar-refractivity contribution >= 4 is 51.7 Å². The molecule has 11 heteroatoms. The number of morpholine rings is 1. The van der Waals surface area contributed by atoms with Crippen LogP contribution in [0.5, 0.6) is 11.5 Å². The van der Waals surface area contributed by atoms with E-state index in [0.717, 1.165) is 11.1 Å². The van der Waals surface area contributed by atoms with Crippen LogP contribution in [0.25, 0.3) is 11.7 Å². The predicted molar refractivity (Wildman–Crippen MR) is 152 cm³/mol. The van der Waals surface area contributed by atoms with Crippen molar-refractivity contribution in [2.75, 3.05) is 52.0 Å². The molecule has 0 unspecified atom stereocenters. The van der Waals surface area contributed by atoms with E-state index in [1.54, 1.807) is 31.4 Å². The first-order chi connectivity index (χ1) is 18.4. The third-order valence-electron chi connectivity index (χ3n) is 6.60. The van der Waals surface area contributed by atoms with Gasteiger partial charge in [-0.1, -0.05) is 36.1 Å². The Morgan fingerprint density at radius 3 is 2.63 bits per heavy atom. The highest BCUT2D eigenvalue weighted by Crippen LogP contribution is 2.34. The Balaban J connectivity index is 1.46. The first-order valence-electron chi connectivity index (χ1n) is 12.2. The number of amides is 1. The van der Waals surface area contributed by atoms with Gasteiger partial charge in [0.05, 0.1) is 37.9 Å². The zero-order valence-electron chi connectivity index (χ0n) is 21.4. The lowest BCUT2D eigenvalue weighted by molar-refractivity contribution is -0.122. The maximum absolute atomic E-state index is 13.7. The van der Waals surface area contributed by atoms with E-state index >= 15 is 0 Å². The van der Waals surface area contributed by atoms with Gasteiger partial charge in [0.25, 0.3) is 11.5 Å². The first-order valence-corrected chi connectivity index (χ1v) is 13.4. The molecule has 0 radical (unpaired) electrons. The highest BCUT2D eigenvalue weighted by atomic mass is 32.2. The van der Waals surface area contributed by atoms with Crippen LogP contribution in [0.2, 0.25) is 0 Å². The number of rotatable bonds is 7. The molecule has 38 heavy (non-hydrogen) atoms. The van der Waals surface area contributed by atoms with Gasteiger partial charge in [0, 0.05) is 25.8 Å². The number of aromatic nitrogens is 2. The lowest BCUT2D eigenvalue weighted by Crippen LogP contribution is -2.38. The molecule has 2 fully saturated rings. The van der Waals surface area contributed by atoms with Crippen molar-refractivity contribution in [3.05, 3.63) is 68.5 Å². The number of pyridine rings is 1. The minimum Gasteiger partial charge on any atom is -0.493 e. The molecule has 0 spiro atoms. The minimum absolute atomic E-state index is 0.220. The van der Waals surface area contributed by atoms with Gasteiger partial charge in [-0.05, 0) is 48.7 Å². The summed E-state index contributed by atoms with van der Waals surface area (Å²) in [5.41, 5.74) is 2.62. The molecule has 2 aliphatic heterocycles. The number of anilines is 1. The largest absolute Gasteiger partial charge is 0.493 e. The summed E-state index contributed by atoms with van der Waals surface area (Å²) >= 11 is 6.76. The Morgan fingerprint density at radius 2 is 1.89 bits per heavy atom. The third-order valence-corrected chi connectivity index (χ3v) is 7.97. The van der Waals surface area contributed by atoms with Crippen molar-refractivity contribution in [2.45, 2.75) is 13.3 Å². The molecule has 3 aromatic rings. The van der Waals surface area contributed by atoms with E-state index in [-0.39, 0.29) is 11.5 Å². The maximum atomic E-state index is 13.7. The Hall–Kier alpha value is -3.41. The number of benzene rings is 1. The van der Waals surface area contributed by atoms with Crippen LogP contribution >= 0.6 is 24.0 Å². The fraction of sp³-hybridized carbons (Fsp3) is 0.333. The molecule has 2 aliphatic rings. The standard InChI is InChI=1S/C27H28N4O5S2/c1-17-5-4-9-30-23(17)28-24(29-11-13-36-14-12-29)19(25(30)32)16-22-26(33)31(27(37)38-22)10-8-18-6-7-20(34-2)21(15-18)35-3/h4-7,9,15-16H,8,10-14H2,1-3H3. The Labute approximate surface area is 230 Å². The second-order valence-corrected chi connectivity index (χ2v) is 10.6. The van der Waals surface area contributed by atoms with Crippen LogP contribution in [-0.4, -0.2) is 71.6 Å². The van der Waals surface area contributed by atoms with Gasteiger partial charge in [-0.25, -0.2) is 4.98 Å². The topological polar surface area (TPSA) is 85.6 Å². The number of thioether (sulfide) groups is 1. The number of carbonyl (C=O) groups excluding carboxylic acids is 1. The number of ether oxygens (including phenoxy) is 3. The van der Waals surface area contributed by atoms with E-state index in [9.17, 15) is 9.59 Å². The van der Waals surface area contributed by atoms with E-state index < -0.39 is 0 Å². The molecule has 1 amide bonds. The van der Waals surface area contributed by atoms with Crippen LogP contribution in [0, 0.1) is 6.92 Å². The summed E-state index contributed by atoms with van der Waals surface area (Å²) in [6, 6.07) is 9.41. The van der Waals surface area contributed by atoms with E-state index in [2.05, 4.69) is 0 Å². The molecule has 198 valence electrons. The number of aryl methyl sites for hydroxylation is 1. The summed E-state index contributed by atoms with van der Waals surface area (Å²) in [6.45, 7) is 4.65. The van der Waals surface area contributed by atoms with Crippen molar-refractivity contribution in [1.29, 1.82) is 0 Å². The lowest BCUT2D eigenvalue weighted by Gasteiger charge is -2.29. The molecule has 4 heterocycles. The second-order valence-electron chi connectivity index (χ2n) is 8.91.